The highest BCUT2D eigenvalue weighted by molar-refractivity contribution is 8.00. The molecule has 2 unspecified atom stereocenters. The van der Waals surface area contributed by atoms with Crippen molar-refractivity contribution in [2.45, 2.75) is 22.7 Å². The number of phenolic OH excluding ortho intramolecular Hbond substituents is 1. The molecule has 3 aromatic carbocycles. The summed E-state index contributed by atoms with van der Waals surface area (Å²) in [6.07, 6.45) is 0. The smallest absolute Gasteiger partial charge is 0.308 e. The van der Waals surface area contributed by atoms with Crippen LogP contribution in [-0.2, 0) is 20.9 Å². The number of phenols is 1. The number of fused-ring (bicyclic) bond motifs is 2. The summed E-state index contributed by atoms with van der Waals surface area (Å²) >= 11 is 2.11. The molecule has 2 N–H and O–H groups in total. The first-order valence-electron chi connectivity index (χ1n) is 12.9. The largest absolute Gasteiger partial charge is 0.508 e. The van der Waals surface area contributed by atoms with Crippen LogP contribution in [0.15, 0.2) is 82.6 Å². The van der Waals surface area contributed by atoms with E-state index in [0.717, 1.165) is 23.1 Å². The van der Waals surface area contributed by atoms with Crippen LogP contribution in [-0.4, -0.2) is 46.9 Å². The van der Waals surface area contributed by atoms with E-state index in [4.69, 9.17) is 9.47 Å². The van der Waals surface area contributed by atoms with Gasteiger partial charge in [0.15, 0.2) is 11.5 Å². The third-order valence-corrected chi connectivity index (χ3v) is 9.89. The number of para-hydroxylation sites is 1. The van der Waals surface area contributed by atoms with Crippen LogP contribution < -0.4 is 24.6 Å². The van der Waals surface area contributed by atoms with Crippen molar-refractivity contribution >= 4 is 52.2 Å². The van der Waals surface area contributed by atoms with Gasteiger partial charge in [-0.1, -0.05) is 47.4 Å². The number of imide groups is 1. The molecule has 3 amide bonds. The van der Waals surface area contributed by atoms with Crippen molar-refractivity contribution in [3.05, 3.63) is 92.9 Å². The number of anilines is 2. The van der Waals surface area contributed by atoms with Gasteiger partial charge in [0.05, 0.1) is 30.9 Å². The minimum absolute atomic E-state index is 0.0589. The zero-order valence-electron chi connectivity index (χ0n) is 22.5. The Kier molecular flexibility index (Phi) is 7.25. The fourth-order valence-electron chi connectivity index (χ4n) is 5.38. The topological polar surface area (TPSA) is 127 Å². The third kappa shape index (κ3) is 4.72. The predicted octanol–water partition coefficient (Wildman–Crippen LogP) is 4.07. The van der Waals surface area contributed by atoms with Gasteiger partial charge >= 0.3 is 4.87 Å². The van der Waals surface area contributed by atoms with Crippen LogP contribution >= 0.6 is 23.1 Å². The number of carbonyl (C=O) groups excluding carboxylic acids is 3. The number of carbonyl (C=O) groups is 3. The van der Waals surface area contributed by atoms with Crippen LogP contribution in [0.4, 0.5) is 11.4 Å². The van der Waals surface area contributed by atoms with Gasteiger partial charge in [-0.2, -0.15) is 0 Å². The molecule has 0 radical (unpaired) electrons. The Morgan fingerprint density at radius 2 is 1.64 bits per heavy atom. The number of ether oxygens (including phenoxy) is 2. The molecule has 214 valence electrons. The molecule has 6 rings (SSSR count). The monoisotopic (exact) mass is 603 g/mol. The van der Waals surface area contributed by atoms with Gasteiger partial charge in [-0.3, -0.25) is 23.7 Å². The van der Waals surface area contributed by atoms with Gasteiger partial charge in [-0.25, -0.2) is 4.90 Å². The first-order chi connectivity index (χ1) is 20.3. The molecule has 12 heteroatoms. The Balaban J connectivity index is 1.43. The predicted molar refractivity (Wildman–Crippen MR) is 159 cm³/mol. The van der Waals surface area contributed by atoms with Gasteiger partial charge in [0.1, 0.15) is 17.5 Å². The van der Waals surface area contributed by atoms with Crippen molar-refractivity contribution in [2.75, 3.05) is 24.4 Å². The summed E-state index contributed by atoms with van der Waals surface area (Å²) in [5.74, 6) is -1.61. The molecule has 1 saturated heterocycles. The number of methoxy groups -OCH3 is 2. The Labute approximate surface area is 248 Å². The van der Waals surface area contributed by atoms with Gasteiger partial charge in [0.25, 0.3) is 0 Å². The van der Waals surface area contributed by atoms with E-state index >= 15 is 0 Å². The maximum absolute atomic E-state index is 14.0. The second-order valence-electron chi connectivity index (χ2n) is 9.72. The number of thioether (sulfide) groups is 1. The Bertz CT molecular complexity index is 1750. The van der Waals surface area contributed by atoms with Gasteiger partial charge in [0.2, 0.25) is 17.7 Å². The SMILES string of the molecule is COc1ccc([C@H]2c3sc(=O)n(CC(=O)Nc4ccc(O)cc4)c3SC3C(=O)N(c4ccccc4)C(=O)C32)cc1OC. The van der Waals surface area contributed by atoms with E-state index in [-0.39, 0.29) is 29.0 Å². The van der Waals surface area contributed by atoms with Crippen LogP contribution in [0.1, 0.15) is 16.4 Å². The zero-order chi connectivity index (χ0) is 29.5. The third-order valence-electron chi connectivity index (χ3n) is 7.28. The summed E-state index contributed by atoms with van der Waals surface area (Å²) < 4.78 is 12.3. The number of hydrogen-bond donors (Lipinski definition) is 2. The number of hydrogen-bond acceptors (Lipinski definition) is 9. The molecule has 0 bridgehead atoms. The standard InChI is InChI=1S/C30H25N3O7S2/c1-39-20-13-8-16(14-21(20)40-2)23-24-25(28(37)33(27(24)36)18-6-4-3-5-7-18)41-29-26(23)42-30(38)32(29)15-22(35)31-17-9-11-19(34)12-10-17/h3-14,23-25,34H,15H2,1-2H3,(H,31,35)/t23-,24?,25?/m1/s1. The molecular formula is C30H25N3O7S2. The lowest BCUT2D eigenvalue weighted by Gasteiger charge is -2.31. The van der Waals surface area contributed by atoms with Gasteiger partial charge in [0, 0.05) is 16.5 Å². The van der Waals surface area contributed by atoms with E-state index in [9.17, 15) is 24.3 Å². The number of benzene rings is 3. The van der Waals surface area contributed by atoms with Crippen LogP contribution in [0, 0.1) is 5.92 Å². The normalized spacial score (nSPS) is 19.3. The quantitative estimate of drug-likeness (QED) is 0.239. The highest BCUT2D eigenvalue weighted by Crippen LogP contribution is 2.54. The van der Waals surface area contributed by atoms with E-state index in [0.29, 0.717) is 38.3 Å². The lowest BCUT2D eigenvalue weighted by Crippen LogP contribution is -2.33. The number of aromatic hydroxyl groups is 1. The molecule has 10 nitrogen and oxygen atoms in total. The Morgan fingerprint density at radius 1 is 0.929 bits per heavy atom. The van der Waals surface area contributed by atoms with Crippen LogP contribution in [0.25, 0.3) is 0 Å². The van der Waals surface area contributed by atoms with Gasteiger partial charge < -0.3 is 19.9 Å². The number of aromatic nitrogens is 1. The molecule has 3 atom stereocenters. The number of nitrogens with one attached hydrogen (secondary N) is 1. The first kappa shape index (κ1) is 27.6. The number of rotatable bonds is 7. The molecule has 2 aliphatic rings. The molecule has 4 aromatic rings. The highest BCUT2D eigenvalue weighted by Gasteiger charge is 2.57. The maximum Gasteiger partial charge on any atom is 0.308 e. The number of thiazole rings is 1. The molecule has 3 heterocycles. The van der Waals surface area contributed by atoms with E-state index in [2.05, 4.69) is 5.32 Å². The average molecular weight is 604 g/mol. The van der Waals surface area contributed by atoms with Crippen LogP contribution in [0.5, 0.6) is 17.2 Å². The summed E-state index contributed by atoms with van der Waals surface area (Å²) in [5, 5.41) is 11.9. The maximum atomic E-state index is 14.0. The molecule has 0 aliphatic carbocycles. The Morgan fingerprint density at radius 3 is 2.33 bits per heavy atom. The second kappa shape index (κ2) is 11.0. The van der Waals surface area contributed by atoms with Crippen LogP contribution in [0.3, 0.4) is 0 Å². The lowest BCUT2D eigenvalue weighted by atomic mass is 9.83. The molecule has 0 saturated carbocycles. The summed E-state index contributed by atoms with van der Waals surface area (Å²) in [6, 6.07) is 20.0. The lowest BCUT2D eigenvalue weighted by molar-refractivity contribution is -0.122. The van der Waals surface area contributed by atoms with Crippen molar-refractivity contribution < 1.29 is 29.0 Å². The van der Waals surface area contributed by atoms with Crippen molar-refractivity contribution in [1.29, 1.82) is 0 Å². The number of nitrogens with zero attached hydrogens (tertiary/aromatic N) is 2. The van der Waals surface area contributed by atoms with E-state index in [1.165, 1.54) is 35.8 Å². The fourth-order valence-corrected chi connectivity index (χ4v) is 8.15. The minimum atomic E-state index is -0.816. The van der Waals surface area contributed by atoms with Gasteiger partial charge in [-0.05, 0) is 54.1 Å². The first-order valence-corrected chi connectivity index (χ1v) is 14.6. The molecule has 0 spiro atoms. The van der Waals surface area contributed by atoms with Crippen molar-refractivity contribution in [3.8, 4) is 17.2 Å². The zero-order valence-corrected chi connectivity index (χ0v) is 24.1. The summed E-state index contributed by atoms with van der Waals surface area (Å²) in [7, 11) is 3.03. The molecule has 2 aliphatic heterocycles. The number of amides is 3. The molecule has 42 heavy (non-hydrogen) atoms. The summed E-state index contributed by atoms with van der Waals surface area (Å²) in [4.78, 5) is 55.6. The molecular weight excluding hydrogens is 578 g/mol. The summed E-state index contributed by atoms with van der Waals surface area (Å²) in [5.41, 5.74) is 1.62. The van der Waals surface area contributed by atoms with E-state index in [1.54, 1.807) is 54.6 Å². The van der Waals surface area contributed by atoms with E-state index in [1.807, 2.05) is 6.07 Å². The molecule has 1 aromatic heterocycles. The summed E-state index contributed by atoms with van der Waals surface area (Å²) in [6.45, 7) is -0.293. The Hall–Kier alpha value is -4.55. The van der Waals surface area contributed by atoms with Crippen molar-refractivity contribution in [1.82, 2.24) is 4.57 Å². The second-order valence-corrected chi connectivity index (χ2v) is 11.8. The average Bonchev–Trinajstić information content (AvgIpc) is 3.44. The fraction of sp³-hybridized carbons (Fsp3) is 0.200. The molecule has 1 fully saturated rings. The van der Waals surface area contributed by atoms with Crippen LogP contribution in [0.2, 0.25) is 0 Å². The van der Waals surface area contributed by atoms with Gasteiger partial charge in [-0.15, -0.1) is 0 Å². The minimum Gasteiger partial charge on any atom is -0.508 e. The van der Waals surface area contributed by atoms with Crippen molar-refractivity contribution in [3.63, 3.8) is 0 Å². The van der Waals surface area contributed by atoms with Crippen molar-refractivity contribution in [2.24, 2.45) is 5.92 Å². The van der Waals surface area contributed by atoms with E-state index < -0.39 is 23.0 Å². The highest BCUT2D eigenvalue weighted by atomic mass is 32.2.